The summed E-state index contributed by atoms with van der Waals surface area (Å²) in [5.74, 6) is -0.659. The highest BCUT2D eigenvalue weighted by Gasteiger charge is 2.27. The van der Waals surface area contributed by atoms with Crippen LogP contribution >= 0.6 is 23.1 Å². The summed E-state index contributed by atoms with van der Waals surface area (Å²) in [6.45, 7) is 1.86. The summed E-state index contributed by atoms with van der Waals surface area (Å²) < 4.78 is 36.8. The van der Waals surface area contributed by atoms with Crippen molar-refractivity contribution in [2.75, 3.05) is 18.0 Å². The zero-order valence-corrected chi connectivity index (χ0v) is 12.7. The first-order chi connectivity index (χ1) is 9.78. The van der Waals surface area contributed by atoms with Gasteiger partial charge in [-0.2, -0.15) is 13.2 Å². The van der Waals surface area contributed by atoms with Gasteiger partial charge in [0.25, 0.3) is 5.91 Å². The molecule has 0 fully saturated rings. The molecular weight excluding hydrogens is 321 g/mol. The number of nitrogen functional groups attached to an aromatic ring is 1. The van der Waals surface area contributed by atoms with Gasteiger partial charge in [0.2, 0.25) is 0 Å². The zero-order valence-electron chi connectivity index (χ0n) is 11.1. The number of alkyl halides is 3. The van der Waals surface area contributed by atoms with E-state index in [1.54, 1.807) is 0 Å². The van der Waals surface area contributed by atoms with Crippen LogP contribution < -0.4 is 11.1 Å². The van der Waals surface area contributed by atoms with E-state index in [-0.39, 0.29) is 24.1 Å². The van der Waals surface area contributed by atoms with Crippen LogP contribution in [0.2, 0.25) is 0 Å². The number of hydrogen-bond acceptors (Lipinski definition) is 4. The number of thiophene rings is 1. The number of halogens is 3. The Kier molecular flexibility index (Phi) is 4.67. The number of anilines is 1. The Morgan fingerprint density at radius 1 is 1.43 bits per heavy atom. The van der Waals surface area contributed by atoms with Gasteiger partial charge in [0, 0.05) is 22.4 Å². The van der Waals surface area contributed by atoms with Crippen LogP contribution in [0.1, 0.15) is 15.2 Å². The molecule has 0 aliphatic rings. The number of thioether (sulfide) groups is 1. The number of rotatable bonds is 4. The molecule has 0 unspecified atom stereocenters. The van der Waals surface area contributed by atoms with E-state index in [2.05, 4.69) is 5.32 Å². The first kappa shape index (κ1) is 16.0. The molecule has 2 rings (SSSR count). The zero-order chi connectivity index (χ0) is 15.6. The van der Waals surface area contributed by atoms with E-state index in [0.29, 0.717) is 10.6 Å². The first-order valence-corrected chi connectivity index (χ1v) is 7.85. The van der Waals surface area contributed by atoms with E-state index >= 15 is 0 Å². The lowest BCUT2D eigenvalue weighted by Gasteiger charge is -2.06. The van der Waals surface area contributed by atoms with E-state index in [4.69, 9.17) is 5.73 Å². The number of aryl methyl sites for hydroxylation is 1. The molecule has 21 heavy (non-hydrogen) atoms. The number of amides is 1. The molecule has 1 amide bonds. The molecule has 2 aromatic rings. The Labute approximate surface area is 127 Å². The van der Waals surface area contributed by atoms with E-state index in [0.717, 1.165) is 15.6 Å². The summed E-state index contributed by atoms with van der Waals surface area (Å²) in [7, 11) is 0. The van der Waals surface area contributed by atoms with Crippen molar-refractivity contribution < 1.29 is 18.0 Å². The van der Waals surface area contributed by atoms with Gasteiger partial charge in [0.15, 0.2) is 0 Å². The van der Waals surface area contributed by atoms with Gasteiger partial charge in [-0.3, -0.25) is 4.79 Å². The van der Waals surface area contributed by atoms with Crippen molar-refractivity contribution in [3.63, 3.8) is 0 Å². The van der Waals surface area contributed by atoms with E-state index < -0.39 is 11.4 Å². The van der Waals surface area contributed by atoms with Crippen LogP contribution in [0.25, 0.3) is 10.1 Å². The molecule has 1 aromatic carbocycles. The van der Waals surface area contributed by atoms with Gasteiger partial charge >= 0.3 is 5.51 Å². The highest BCUT2D eigenvalue weighted by atomic mass is 32.2. The largest absolute Gasteiger partial charge is 0.441 e. The molecule has 0 saturated heterocycles. The lowest BCUT2D eigenvalue weighted by molar-refractivity contribution is -0.0327. The molecule has 0 aliphatic carbocycles. The van der Waals surface area contributed by atoms with Crippen LogP contribution in [0.5, 0.6) is 0 Å². The average molecular weight is 334 g/mol. The van der Waals surface area contributed by atoms with Crippen molar-refractivity contribution in [1.82, 2.24) is 5.32 Å². The molecule has 0 atom stereocenters. The normalized spacial score (nSPS) is 11.8. The van der Waals surface area contributed by atoms with E-state index in [9.17, 15) is 18.0 Å². The van der Waals surface area contributed by atoms with Crippen molar-refractivity contribution in [1.29, 1.82) is 0 Å². The number of fused-ring (bicyclic) bond motifs is 1. The van der Waals surface area contributed by atoms with Gasteiger partial charge in [-0.1, -0.05) is 11.6 Å². The van der Waals surface area contributed by atoms with Crippen LogP contribution in [-0.2, 0) is 0 Å². The highest BCUT2D eigenvalue weighted by Crippen LogP contribution is 2.34. The fourth-order valence-corrected chi connectivity index (χ4v) is 3.27. The summed E-state index contributed by atoms with van der Waals surface area (Å²) >= 11 is 1.08. The maximum atomic E-state index is 12.0. The third-order valence-electron chi connectivity index (χ3n) is 2.74. The Morgan fingerprint density at radius 3 is 2.81 bits per heavy atom. The fraction of sp³-hybridized carbons (Fsp3) is 0.308. The number of carbonyl (C=O) groups is 1. The number of hydrogen-bond donors (Lipinski definition) is 2. The average Bonchev–Trinajstić information content (AvgIpc) is 2.71. The molecule has 0 aliphatic heterocycles. The molecular formula is C13H13F3N2OS2. The van der Waals surface area contributed by atoms with Gasteiger partial charge in [-0.15, -0.1) is 11.3 Å². The van der Waals surface area contributed by atoms with Gasteiger partial charge in [-0.05, 0) is 30.8 Å². The molecule has 3 N–H and O–H groups in total. The summed E-state index contributed by atoms with van der Waals surface area (Å²) in [4.78, 5) is 12.3. The molecule has 0 radical (unpaired) electrons. The predicted molar refractivity (Wildman–Crippen MR) is 81.8 cm³/mol. The molecule has 0 saturated carbocycles. The lowest BCUT2D eigenvalue weighted by atomic mass is 10.1. The topological polar surface area (TPSA) is 55.1 Å². The minimum absolute atomic E-state index is 0.0598. The third kappa shape index (κ3) is 4.04. The Morgan fingerprint density at radius 2 is 2.14 bits per heavy atom. The van der Waals surface area contributed by atoms with Crippen molar-refractivity contribution >= 4 is 44.8 Å². The third-order valence-corrected chi connectivity index (χ3v) is 4.66. The molecule has 1 aromatic heterocycles. The second-order valence-corrected chi connectivity index (χ2v) is 6.61. The van der Waals surface area contributed by atoms with Gasteiger partial charge in [-0.25, -0.2) is 0 Å². The minimum Gasteiger partial charge on any atom is -0.397 e. The minimum atomic E-state index is -4.28. The van der Waals surface area contributed by atoms with Gasteiger partial charge in [0.1, 0.15) is 4.88 Å². The van der Waals surface area contributed by atoms with Crippen LogP contribution in [0.3, 0.4) is 0 Å². The van der Waals surface area contributed by atoms with Crippen LogP contribution in [0.4, 0.5) is 18.9 Å². The predicted octanol–water partition coefficient (Wildman–Crippen LogP) is 3.77. The smallest absolute Gasteiger partial charge is 0.397 e. The number of nitrogens with two attached hydrogens (primary N) is 1. The number of carbonyl (C=O) groups excluding carboxylic acids is 1. The highest BCUT2D eigenvalue weighted by molar-refractivity contribution is 8.00. The van der Waals surface area contributed by atoms with Crippen molar-refractivity contribution in [3.8, 4) is 0 Å². The summed E-state index contributed by atoms with van der Waals surface area (Å²) in [6, 6.07) is 5.68. The summed E-state index contributed by atoms with van der Waals surface area (Å²) in [5, 5.41) is 3.26. The van der Waals surface area contributed by atoms with Crippen molar-refractivity contribution in [2.24, 2.45) is 0 Å². The number of nitrogens with one attached hydrogen (secondary N) is 1. The van der Waals surface area contributed by atoms with Crippen molar-refractivity contribution in [2.45, 2.75) is 12.4 Å². The monoisotopic (exact) mass is 334 g/mol. The lowest BCUT2D eigenvalue weighted by Crippen LogP contribution is -2.26. The molecule has 1 heterocycles. The van der Waals surface area contributed by atoms with Gasteiger partial charge < -0.3 is 11.1 Å². The molecule has 0 bridgehead atoms. The Hall–Kier alpha value is -1.41. The van der Waals surface area contributed by atoms with Gasteiger partial charge in [0.05, 0.1) is 5.69 Å². The first-order valence-electron chi connectivity index (χ1n) is 6.05. The van der Waals surface area contributed by atoms with Crippen LogP contribution in [0.15, 0.2) is 18.2 Å². The van der Waals surface area contributed by atoms with E-state index in [1.165, 1.54) is 11.3 Å². The summed E-state index contributed by atoms with van der Waals surface area (Å²) in [5.41, 5.74) is 3.07. The van der Waals surface area contributed by atoms with E-state index in [1.807, 2.05) is 25.1 Å². The van der Waals surface area contributed by atoms with Crippen LogP contribution in [0, 0.1) is 6.92 Å². The fourth-order valence-electron chi connectivity index (χ4n) is 1.81. The Bertz CT molecular complexity index is 667. The summed E-state index contributed by atoms with van der Waals surface area (Å²) in [6.07, 6.45) is 0. The maximum absolute atomic E-state index is 12.0. The van der Waals surface area contributed by atoms with Crippen molar-refractivity contribution in [3.05, 3.63) is 28.6 Å². The molecule has 3 nitrogen and oxygen atoms in total. The van der Waals surface area contributed by atoms with Crippen LogP contribution in [-0.4, -0.2) is 23.7 Å². The second kappa shape index (κ2) is 6.15. The standard InChI is InChI=1S/C13H13F3N2OS2/c1-7-2-3-9-8(6-7)10(17)11(21-9)12(19)18-4-5-20-13(14,15)16/h2-3,6H,4-5,17H2,1H3,(H,18,19). The second-order valence-electron chi connectivity index (χ2n) is 4.39. The Balaban J connectivity index is 2.04. The molecule has 0 spiro atoms. The molecule has 8 heteroatoms. The maximum Gasteiger partial charge on any atom is 0.441 e. The quantitative estimate of drug-likeness (QED) is 0.837. The SMILES string of the molecule is Cc1ccc2sc(C(=O)NCCSC(F)(F)F)c(N)c2c1. The molecule has 114 valence electrons. The number of benzene rings is 1.